The normalized spacial score (nSPS) is 14.8. The Hall–Kier alpha value is -2.32. The Balaban J connectivity index is 1.62. The molecule has 0 spiro atoms. The van der Waals surface area contributed by atoms with Gasteiger partial charge in [0.1, 0.15) is 5.65 Å². The second-order valence-corrected chi connectivity index (χ2v) is 9.27. The first-order valence-electron chi connectivity index (χ1n) is 10.8. The number of nitrogens with zero attached hydrogens (tertiary/aromatic N) is 5. The van der Waals surface area contributed by atoms with E-state index in [9.17, 15) is 4.79 Å². The molecule has 1 aliphatic rings. The maximum atomic E-state index is 13.4. The summed E-state index contributed by atoms with van der Waals surface area (Å²) >= 11 is 1.58. The van der Waals surface area contributed by atoms with E-state index in [1.54, 1.807) is 17.5 Å². The number of pyridine rings is 1. The number of fused-ring (bicyclic) bond motifs is 1. The quantitative estimate of drug-likeness (QED) is 0.526. The summed E-state index contributed by atoms with van der Waals surface area (Å²) < 4.78 is 1.93. The van der Waals surface area contributed by atoms with Gasteiger partial charge in [0.05, 0.1) is 5.01 Å². The smallest absolute Gasteiger partial charge is 0.256 e. The van der Waals surface area contributed by atoms with Gasteiger partial charge in [-0.25, -0.2) is 9.97 Å². The lowest BCUT2D eigenvalue weighted by atomic mass is 10.1. The summed E-state index contributed by atoms with van der Waals surface area (Å²) in [7, 11) is 4.18. The molecule has 3 aromatic rings. The first-order valence-corrected chi connectivity index (χ1v) is 11.7. The molecule has 3 heterocycles. The van der Waals surface area contributed by atoms with Crippen molar-refractivity contribution in [1.82, 2.24) is 24.4 Å². The van der Waals surface area contributed by atoms with Crippen LogP contribution in [0.4, 0.5) is 5.95 Å². The molecule has 0 bridgehead atoms. The molecule has 3 aromatic heterocycles. The van der Waals surface area contributed by atoms with Gasteiger partial charge >= 0.3 is 0 Å². The van der Waals surface area contributed by atoms with Crippen LogP contribution in [-0.2, 0) is 6.42 Å². The van der Waals surface area contributed by atoms with Gasteiger partial charge in [-0.1, -0.05) is 12.8 Å². The second kappa shape index (κ2) is 9.66. The van der Waals surface area contributed by atoms with Crippen molar-refractivity contribution in [2.75, 3.05) is 32.5 Å². The van der Waals surface area contributed by atoms with E-state index >= 15 is 0 Å². The zero-order valence-corrected chi connectivity index (χ0v) is 18.6. The summed E-state index contributed by atoms with van der Waals surface area (Å²) in [6.07, 6.45) is 10.8. The Kier molecular flexibility index (Phi) is 6.74. The lowest BCUT2D eigenvalue weighted by Crippen LogP contribution is -2.28. The zero-order valence-electron chi connectivity index (χ0n) is 17.8. The first-order chi connectivity index (χ1) is 14.6. The maximum Gasteiger partial charge on any atom is 0.256 e. The van der Waals surface area contributed by atoms with Crippen LogP contribution in [0.3, 0.4) is 0 Å². The maximum absolute atomic E-state index is 13.4. The molecule has 0 atom stereocenters. The van der Waals surface area contributed by atoms with E-state index in [0.717, 1.165) is 73.2 Å². The van der Waals surface area contributed by atoms with Crippen molar-refractivity contribution in [3.05, 3.63) is 44.8 Å². The third kappa shape index (κ3) is 4.87. The molecule has 0 radical (unpaired) electrons. The molecule has 1 N–H and O–H groups in total. The number of aromatic nitrogens is 4. The summed E-state index contributed by atoms with van der Waals surface area (Å²) in [5.41, 5.74) is 1.60. The molecule has 1 saturated carbocycles. The van der Waals surface area contributed by atoms with Gasteiger partial charge in [-0.2, -0.15) is 4.98 Å². The molecular formula is C22H30N6OS. The van der Waals surface area contributed by atoms with E-state index in [0.29, 0.717) is 12.4 Å². The summed E-state index contributed by atoms with van der Waals surface area (Å²) in [5.74, 6) is 0.603. The van der Waals surface area contributed by atoms with Crippen molar-refractivity contribution in [1.29, 1.82) is 0 Å². The molecule has 0 saturated heterocycles. The van der Waals surface area contributed by atoms with Crippen LogP contribution in [0.2, 0.25) is 0 Å². The van der Waals surface area contributed by atoms with E-state index in [4.69, 9.17) is 4.98 Å². The molecular weight excluding hydrogens is 396 g/mol. The minimum absolute atomic E-state index is 0.0697. The van der Waals surface area contributed by atoms with Crippen LogP contribution in [0.15, 0.2) is 28.6 Å². The second-order valence-electron chi connectivity index (χ2n) is 8.30. The van der Waals surface area contributed by atoms with E-state index in [1.807, 2.05) is 22.2 Å². The van der Waals surface area contributed by atoms with Crippen LogP contribution in [-0.4, -0.2) is 51.6 Å². The average Bonchev–Trinajstić information content (AvgIpc) is 3.42. The molecule has 7 nitrogen and oxygen atoms in total. The lowest BCUT2D eigenvalue weighted by Gasteiger charge is -2.18. The third-order valence-electron chi connectivity index (χ3n) is 5.68. The highest BCUT2D eigenvalue weighted by atomic mass is 32.1. The van der Waals surface area contributed by atoms with Gasteiger partial charge in [-0.05, 0) is 52.4 Å². The van der Waals surface area contributed by atoms with Gasteiger partial charge < -0.3 is 10.2 Å². The van der Waals surface area contributed by atoms with E-state index in [-0.39, 0.29) is 11.6 Å². The molecule has 1 aliphatic carbocycles. The standard InChI is InChI=1S/C22H30N6OS/c1-27(2)11-6-5-9-24-22-25-15-17-13-16(14-19-23-10-12-30-19)21(29)28(20(17)26-22)18-7-3-4-8-18/h10,12-13,15,18H,3-9,11,14H2,1-2H3,(H,24,25,26). The minimum atomic E-state index is 0.0697. The number of hydrogen-bond acceptors (Lipinski definition) is 7. The third-order valence-corrected chi connectivity index (χ3v) is 6.46. The molecule has 8 heteroatoms. The minimum Gasteiger partial charge on any atom is -0.354 e. The number of hydrogen-bond donors (Lipinski definition) is 1. The number of anilines is 1. The highest BCUT2D eigenvalue weighted by Crippen LogP contribution is 2.31. The molecule has 0 unspecified atom stereocenters. The van der Waals surface area contributed by atoms with Crippen LogP contribution in [0.25, 0.3) is 11.0 Å². The molecule has 1 fully saturated rings. The van der Waals surface area contributed by atoms with E-state index in [2.05, 4.69) is 34.3 Å². The Morgan fingerprint density at radius 1 is 1.23 bits per heavy atom. The van der Waals surface area contributed by atoms with Crippen LogP contribution < -0.4 is 10.9 Å². The van der Waals surface area contributed by atoms with Crippen LogP contribution in [0.5, 0.6) is 0 Å². The first kappa shape index (κ1) is 20.9. The Morgan fingerprint density at radius 3 is 2.80 bits per heavy atom. The van der Waals surface area contributed by atoms with E-state index < -0.39 is 0 Å². The average molecular weight is 427 g/mol. The number of thiazole rings is 1. The molecule has 0 amide bonds. The van der Waals surface area contributed by atoms with Gasteiger partial charge in [0.25, 0.3) is 5.56 Å². The fraction of sp³-hybridized carbons (Fsp3) is 0.545. The van der Waals surface area contributed by atoms with Crippen molar-refractivity contribution in [2.45, 2.75) is 51.0 Å². The summed E-state index contributed by atoms with van der Waals surface area (Å²) in [4.78, 5) is 29.3. The Labute approximate surface area is 181 Å². The van der Waals surface area contributed by atoms with Crippen LogP contribution >= 0.6 is 11.3 Å². The van der Waals surface area contributed by atoms with Crippen molar-refractivity contribution in [2.24, 2.45) is 0 Å². The Bertz CT molecular complexity index is 1020. The SMILES string of the molecule is CN(C)CCCCNc1ncc2cc(Cc3nccs3)c(=O)n(C3CCCC3)c2n1. The monoisotopic (exact) mass is 426 g/mol. The summed E-state index contributed by atoms with van der Waals surface area (Å²) in [6, 6.07) is 2.17. The van der Waals surface area contributed by atoms with Gasteiger partial charge in [0.2, 0.25) is 5.95 Å². The zero-order chi connectivity index (χ0) is 20.9. The topological polar surface area (TPSA) is 75.9 Å². The fourth-order valence-electron chi connectivity index (χ4n) is 4.15. The van der Waals surface area contributed by atoms with Gasteiger partial charge in [0.15, 0.2) is 0 Å². The molecule has 0 aliphatic heterocycles. The van der Waals surface area contributed by atoms with Gasteiger partial charge in [0, 0.05) is 47.7 Å². The summed E-state index contributed by atoms with van der Waals surface area (Å²) in [5, 5.41) is 7.17. The molecule has 30 heavy (non-hydrogen) atoms. The highest BCUT2D eigenvalue weighted by Gasteiger charge is 2.23. The highest BCUT2D eigenvalue weighted by molar-refractivity contribution is 7.09. The van der Waals surface area contributed by atoms with Crippen LogP contribution in [0.1, 0.15) is 55.1 Å². The number of unbranched alkanes of at least 4 members (excludes halogenated alkanes) is 1. The molecule has 0 aromatic carbocycles. The summed E-state index contributed by atoms with van der Waals surface area (Å²) in [6.45, 7) is 1.90. The van der Waals surface area contributed by atoms with Crippen molar-refractivity contribution < 1.29 is 0 Å². The van der Waals surface area contributed by atoms with Crippen LogP contribution in [0, 0.1) is 0 Å². The van der Waals surface area contributed by atoms with Crippen molar-refractivity contribution >= 4 is 28.3 Å². The van der Waals surface area contributed by atoms with Gasteiger partial charge in [-0.15, -0.1) is 11.3 Å². The fourth-order valence-corrected chi connectivity index (χ4v) is 4.79. The molecule has 4 rings (SSSR count). The van der Waals surface area contributed by atoms with Crippen molar-refractivity contribution in [3.8, 4) is 0 Å². The number of nitrogens with one attached hydrogen (secondary N) is 1. The lowest BCUT2D eigenvalue weighted by molar-refractivity contribution is 0.396. The van der Waals surface area contributed by atoms with Gasteiger partial charge in [-0.3, -0.25) is 9.36 Å². The Morgan fingerprint density at radius 2 is 2.07 bits per heavy atom. The predicted molar refractivity (Wildman–Crippen MR) is 123 cm³/mol. The predicted octanol–water partition coefficient (Wildman–Crippen LogP) is 3.71. The largest absolute Gasteiger partial charge is 0.354 e. The van der Waals surface area contributed by atoms with Crippen molar-refractivity contribution in [3.63, 3.8) is 0 Å². The molecule has 160 valence electrons. The number of rotatable bonds is 9. The van der Waals surface area contributed by atoms with E-state index in [1.165, 1.54) is 0 Å².